The van der Waals surface area contributed by atoms with Crippen LogP contribution in [-0.4, -0.2) is 112 Å². The number of benzene rings is 5. The van der Waals surface area contributed by atoms with Crippen LogP contribution < -0.4 is 30.7 Å². The molecule has 5 unspecified atom stereocenters. The van der Waals surface area contributed by atoms with E-state index in [1.54, 1.807) is 13.2 Å². The zero-order valence-electron chi connectivity index (χ0n) is 46.3. The van der Waals surface area contributed by atoms with E-state index in [1.807, 2.05) is 94.6 Å². The molecule has 5 N–H and O–H groups in total. The number of aromatic nitrogens is 5. The Morgan fingerprint density at radius 2 is 1.67 bits per heavy atom. The molecule has 0 radical (unpaired) electrons. The molecule has 5 atom stereocenters. The number of aliphatic hydroxyl groups is 1. The number of nitrogen functional groups attached to an aromatic ring is 1. The number of rotatable bonds is 18. The van der Waals surface area contributed by atoms with Crippen molar-refractivity contribution in [1.82, 2.24) is 40.5 Å². The van der Waals surface area contributed by atoms with Crippen molar-refractivity contribution in [2.24, 2.45) is 5.92 Å². The molecule has 428 valence electrons. The molecule has 5 aromatic carbocycles. The highest BCUT2D eigenvalue weighted by Crippen LogP contribution is 2.50. The summed E-state index contributed by atoms with van der Waals surface area (Å²) in [6.07, 6.45) is 8.02. The average molecular weight is 1170 g/mol. The van der Waals surface area contributed by atoms with Crippen LogP contribution in [0.1, 0.15) is 82.2 Å². The van der Waals surface area contributed by atoms with Gasteiger partial charge < -0.3 is 45.5 Å². The van der Waals surface area contributed by atoms with Gasteiger partial charge in [0, 0.05) is 77.4 Å². The average Bonchev–Trinajstić information content (AvgIpc) is 2.77. The topological polar surface area (TPSA) is 219 Å². The lowest BCUT2D eigenvalue weighted by atomic mass is 9.96. The molecule has 3 saturated heterocycles. The van der Waals surface area contributed by atoms with Crippen molar-refractivity contribution in [1.29, 1.82) is 5.26 Å². The van der Waals surface area contributed by atoms with Crippen molar-refractivity contribution in [3.63, 3.8) is 0 Å². The van der Waals surface area contributed by atoms with Crippen molar-refractivity contribution < 1.29 is 33.3 Å². The fraction of sp³-hybridized carbons (Fsp3) is 0.361. The summed E-state index contributed by atoms with van der Waals surface area (Å²) < 4.78 is 35.6. The van der Waals surface area contributed by atoms with Crippen LogP contribution in [0.5, 0.6) is 11.8 Å². The minimum absolute atomic E-state index is 0.135. The maximum absolute atomic E-state index is 15.3. The highest BCUT2D eigenvalue weighted by atomic mass is 35.5. The van der Waals surface area contributed by atoms with Gasteiger partial charge in [0.2, 0.25) is 12.8 Å². The summed E-state index contributed by atoms with van der Waals surface area (Å²) in [5, 5.41) is 36.7. The number of nitrogens with two attached hydrogens (primary N) is 1. The van der Waals surface area contributed by atoms with E-state index in [1.165, 1.54) is 18.9 Å². The van der Waals surface area contributed by atoms with Gasteiger partial charge >= 0.3 is 6.01 Å². The summed E-state index contributed by atoms with van der Waals surface area (Å²) in [7, 11) is 1.60. The van der Waals surface area contributed by atoms with Gasteiger partial charge in [-0.1, -0.05) is 115 Å². The van der Waals surface area contributed by atoms with Crippen LogP contribution >= 0.6 is 34.5 Å². The number of piperazine rings is 1. The Labute approximate surface area is 490 Å². The SMILES string of the molecule is CC1CCCN1C=O.COCCOc1nc(N2CC3CCC(C2)N3)c2cc(Cl)c(-c3ccc(F)c4sc(N)c(C#N)c34)c(OCc3ccc(-c4cn(C(C)C(C)C)nn4)cc3)c2n1.O=CNC(CO)c1ccc(-c2ccccc2Cl)cc1. The molecule has 0 spiro atoms. The number of hydrogen-bond acceptors (Lipinski definition) is 15. The summed E-state index contributed by atoms with van der Waals surface area (Å²) >= 11 is 14.5. The normalized spacial score (nSPS) is 17.2. The van der Waals surface area contributed by atoms with Crippen LogP contribution in [0.15, 0.2) is 97.2 Å². The number of carbonyl (C=O) groups excluding carboxylic acids is 2. The number of halogens is 3. The van der Waals surface area contributed by atoms with E-state index in [9.17, 15) is 20.0 Å². The number of carbonyl (C=O) groups is 2. The number of amides is 2. The molecule has 6 heterocycles. The third-order valence-electron chi connectivity index (χ3n) is 15.3. The Morgan fingerprint density at radius 1 is 0.939 bits per heavy atom. The van der Waals surface area contributed by atoms with Crippen LogP contribution in [0.2, 0.25) is 10.0 Å². The fourth-order valence-corrected chi connectivity index (χ4v) is 11.9. The largest absolute Gasteiger partial charge is 0.486 e. The van der Waals surface area contributed by atoms with Crippen molar-refractivity contribution in [2.45, 2.75) is 90.2 Å². The molecular formula is C61H66Cl2FN11O6S. The lowest BCUT2D eigenvalue weighted by Crippen LogP contribution is -2.51. The lowest BCUT2D eigenvalue weighted by Gasteiger charge is -2.34. The van der Waals surface area contributed by atoms with E-state index in [0.717, 1.165) is 83.7 Å². The second-order valence-electron chi connectivity index (χ2n) is 20.9. The second-order valence-corrected chi connectivity index (χ2v) is 22.8. The molecule has 82 heavy (non-hydrogen) atoms. The zero-order chi connectivity index (χ0) is 58.0. The molecule has 2 bridgehead atoms. The molecule has 3 aromatic heterocycles. The summed E-state index contributed by atoms with van der Waals surface area (Å²) in [6.45, 7) is 11.6. The van der Waals surface area contributed by atoms with Gasteiger partial charge in [-0.05, 0) is 85.9 Å². The Hall–Kier alpha value is -7.44. The van der Waals surface area contributed by atoms with Gasteiger partial charge in [0.05, 0.1) is 46.8 Å². The van der Waals surface area contributed by atoms with E-state index in [4.69, 9.17) is 53.1 Å². The smallest absolute Gasteiger partial charge is 0.319 e. The van der Waals surface area contributed by atoms with Gasteiger partial charge in [-0.15, -0.1) is 16.4 Å². The first-order valence-corrected chi connectivity index (χ1v) is 28.9. The number of nitriles is 1. The molecule has 21 heteroatoms. The minimum atomic E-state index is -0.484. The Morgan fingerprint density at radius 3 is 2.30 bits per heavy atom. The summed E-state index contributed by atoms with van der Waals surface area (Å²) in [5.74, 6) is 0.955. The first kappa shape index (κ1) is 59.2. The second kappa shape index (κ2) is 27.1. The third-order valence-corrected chi connectivity index (χ3v) is 17.0. The van der Waals surface area contributed by atoms with Crippen molar-refractivity contribution in [3.05, 3.63) is 130 Å². The Bertz CT molecular complexity index is 3550. The van der Waals surface area contributed by atoms with Gasteiger partial charge in [-0.3, -0.25) is 9.59 Å². The Balaban J connectivity index is 0.000000245. The van der Waals surface area contributed by atoms with Crippen molar-refractivity contribution in [3.8, 4) is 51.3 Å². The predicted octanol–water partition coefficient (Wildman–Crippen LogP) is 11.2. The maximum atomic E-state index is 15.3. The summed E-state index contributed by atoms with van der Waals surface area (Å²) in [4.78, 5) is 34.5. The van der Waals surface area contributed by atoms with E-state index in [0.29, 0.717) is 86.1 Å². The van der Waals surface area contributed by atoms with Gasteiger partial charge in [0.15, 0.2) is 5.75 Å². The van der Waals surface area contributed by atoms with Crippen molar-refractivity contribution in [2.75, 3.05) is 57.2 Å². The van der Waals surface area contributed by atoms with Crippen molar-refractivity contribution >= 4 is 79.2 Å². The summed E-state index contributed by atoms with van der Waals surface area (Å²) in [6, 6.07) is 31.3. The highest BCUT2D eigenvalue weighted by molar-refractivity contribution is 7.23. The highest BCUT2D eigenvalue weighted by Gasteiger charge is 2.35. The minimum Gasteiger partial charge on any atom is -0.486 e. The van der Waals surface area contributed by atoms with Gasteiger partial charge in [0.25, 0.3) is 0 Å². The van der Waals surface area contributed by atoms with Gasteiger partial charge in [0.1, 0.15) is 47.1 Å². The van der Waals surface area contributed by atoms with E-state index < -0.39 is 5.82 Å². The van der Waals surface area contributed by atoms with Crippen LogP contribution in [0.3, 0.4) is 0 Å². The first-order valence-electron chi connectivity index (χ1n) is 27.3. The molecule has 0 aliphatic carbocycles. The van der Waals surface area contributed by atoms with Crippen LogP contribution in [0, 0.1) is 23.1 Å². The van der Waals surface area contributed by atoms with Crippen LogP contribution in [0.4, 0.5) is 15.2 Å². The monoisotopic (exact) mass is 1170 g/mol. The number of likely N-dealkylation sites (tertiary alicyclic amines) is 1. The number of thiophene rings is 1. The molecule has 17 nitrogen and oxygen atoms in total. The molecular weight excluding hydrogens is 1100 g/mol. The third kappa shape index (κ3) is 13.2. The van der Waals surface area contributed by atoms with Crippen LogP contribution in [0.25, 0.3) is 54.5 Å². The number of nitrogens with zero attached hydrogens (tertiary/aromatic N) is 8. The number of nitrogens with one attached hydrogen (secondary N) is 2. The molecule has 3 fully saturated rings. The quantitative estimate of drug-likeness (QED) is 0.0464. The van der Waals surface area contributed by atoms with E-state index >= 15 is 4.39 Å². The number of ether oxygens (including phenoxy) is 3. The lowest BCUT2D eigenvalue weighted by molar-refractivity contribution is -0.118. The number of fused-ring (bicyclic) bond motifs is 4. The van der Waals surface area contributed by atoms with Gasteiger partial charge in [-0.2, -0.15) is 15.2 Å². The zero-order valence-corrected chi connectivity index (χ0v) is 48.6. The number of anilines is 2. The molecule has 0 saturated carbocycles. The van der Waals surface area contributed by atoms with Crippen LogP contribution in [-0.2, 0) is 20.9 Å². The number of methoxy groups -OCH3 is 1. The van der Waals surface area contributed by atoms with E-state index in [2.05, 4.69) is 59.6 Å². The number of hydrogen-bond donors (Lipinski definition) is 4. The maximum Gasteiger partial charge on any atom is 0.319 e. The molecule has 3 aliphatic heterocycles. The summed E-state index contributed by atoms with van der Waals surface area (Å²) in [5.41, 5.74) is 13.2. The molecule has 2 amide bonds. The molecule has 3 aliphatic rings. The fourth-order valence-electron chi connectivity index (χ4n) is 10.4. The van der Waals surface area contributed by atoms with Gasteiger partial charge in [-0.25, -0.2) is 9.07 Å². The number of aliphatic hydroxyl groups excluding tert-OH is 1. The first-order chi connectivity index (χ1) is 39.7. The molecule has 8 aromatic rings. The predicted molar refractivity (Wildman–Crippen MR) is 321 cm³/mol. The molecule has 11 rings (SSSR count). The standard InChI is InChI=1S/C40H41ClFN9O3S.C15H14ClNO2.C6H11NO/c1-21(2)22(3)51-19-32(48-49-51)24-7-5-23(6-8-24)20-54-36-34(27-11-12-31(42)37-33(27)29(16-43)38(44)55-37)30(41)15-28-35(36)46-40(53-14-13-52-4)47-39(28)50-17-25-9-10-26(18-50)45-25;16-14-4-2-1-3-13(14)11-5-7-12(8-6-11)15(9-18)17-10-19;1-6-3-2-4-7(6)5-8/h5-8,11-12,15,19,21-22,25-26,45H,9-10,13-14,17-18,20,44H2,1-4H3;1-8,10,15,18H,9H2,(H,17,19);5-6H,2-4H2,1H3. The Kier molecular flexibility index (Phi) is 19.6. The van der Waals surface area contributed by atoms with E-state index in [-0.39, 0.29) is 53.2 Å².